The Morgan fingerprint density at radius 2 is 2.02 bits per heavy atom. The van der Waals surface area contributed by atoms with E-state index in [0.29, 0.717) is 63.2 Å². The van der Waals surface area contributed by atoms with Crippen molar-refractivity contribution in [3.05, 3.63) is 47.8 Å². The standard InChI is InChI=1S/C30H36N8O3/c1-4-27(39)36-12-14-37(15-13-36)28-21-9-11-38(29-23-17-32-34-24(23)7-8-26(29)40-3)18-25(21)33-30(22(28)16-31)41-19-20-6-5-10-35(20)2/h4,7-8,17,20H,1,5-6,9-15,18-19H2,2-3H3,(H,32,34). The Morgan fingerprint density at radius 3 is 2.73 bits per heavy atom. The second kappa shape index (κ2) is 11.3. The SMILES string of the molecule is C=CC(=O)N1CCN(c2c(C#N)c(OCC3CCCN3C)nc3c2CCN(c2c(OC)ccc4[nH]ncc24)C3)CC1. The van der Waals surface area contributed by atoms with Crippen molar-refractivity contribution in [3.63, 3.8) is 0 Å². The van der Waals surface area contributed by atoms with Crippen LogP contribution in [0.15, 0.2) is 31.0 Å². The highest BCUT2D eigenvalue weighted by Crippen LogP contribution is 2.41. The van der Waals surface area contributed by atoms with Crippen molar-refractivity contribution in [2.24, 2.45) is 0 Å². The molecule has 0 spiro atoms. The largest absolute Gasteiger partial charge is 0.495 e. The van der Waals surface area contributed by atoms with E-state index >= 15 is 0 Å². The summed E-state index contributed by atoms with van der Waals surface area (Å²) in [5.41, 5.74) is 5.26. The van der Waals surface area contributed by atoms with Crippen LogP contribution in [-0.4, -0.2) is 97.0 Å². The molecule has 3 aliphatic rings. The zero-order valence-corrected chi connectivity index (χ0v) is 23.7. The van der Waals surface area contributed by atoms with Gasteiger partial charge in [-0.3, -0.25) is 9.89 Å². The summed E-state index contributed by atoms with van der Waals surface area (Å²) in [5, 5.41) is 18.7. The van der Waals surface area contributed by atoms with E-state index in [1.165, 1.54) is 6.08 Å². The number of anilines is 2. The number of rotatable bonds is 7. The number of ether oxygens (including phenoxy) is 2. The summed E-state index contributed by atoms with van der Waals surface area (Å²) in [6.45, 7) is 8.84. The molecule has 1 N–H and O–H groups in total. The van der Waals surface area contributed by atoms with Gasteiger partial charge < -0.3 is 29.1 Å². The number of piperazine rings is 1. The highest BCUT2D eigenvalue weighted by Gasteiger charge is 2.33. The van der Waals surface area contributed by atoms with Crippen LogP contribution in [0.25, 0.3) is 10.9 Å². The average molecular weight is 557 g/mol. The van der Waals surface area contributed by atoms with Crippen molar-refractivity contribution >= 4 is 28.2 Å². The topological polar surface area (TPSA) is 114 Å². The second-order valence-electron chi connectivity index (χ2n) is 10.9. The van der Waals surface area contributed by atoms with Crippen LogP contribution in [0.5, 0.6) is 11.6 Å². The molecule has 5 heterocycles. The van der Waals surface area contributed by atoms with Gasteiger partial charge in [0, 0.05) is 49.7 Å². The smallest absolute Gasteiger partial charge is 0.246 e. The molecule has 2 aromatic heterocycles. The number of hydrogen-bond donors (Lipinski definition) is 1. The van der Waals surface area contributed by atoms with Gasteiger partial charge in [0.1, 0.15) is 24.0 Å². The monoisotopic (exact) mass is 556 g/mol. The number of likely N-dealkylation sites (N-methyl/N-ethyl adjacent to an activating group) is 1. The molecule has 0 saturated carbocycles. The van der Waals surface area contributed by atoms with Crippen molar-refractivity contribution < 1.29 is 14.3 Å². The maximum atomic E-state index is 12.2. The molecule has 214 valence electrons. The molecule has 0 radical (unpaired) electrons. The van der Waals surface area contributed by atoms with Gasteiger partial charge in [0.15, 0.2) is 0 Å². The number of nitrogens with one attached hydrogen (secondary N) is 1. The molecule has 41 heavy (non-hydrogen) atoms. The van der Waals surface area contributed by atoms with Crippen molar-refractivity contribution in [3.8, 4) is 17.7 Å². The number of amides is 1. The van der Waals surface area contributed by atoms with Crippen LogP contribution in [0.4, 0.5) is 11.4 Å². The summed E-state index contributed by atoms with van der Waals surface area (Å²) in [5.74, 6) is 1.10. The minimum Gasteiger partial charge on any atom is -0.495 e. The Balaban J connectivity index is 1.38. The minimum atomic E-state index is -0.0652. The molecule has 11 nitrogen and oxygen atoms in total. The van der Waals surface area contributed by atoms with E-state index in [1.807, 2.05) is 18.3 Å². The Kier molecular flexibility index (Phi) is 7.41. The summed E-state index contributed by atoms with van der Waals surface area (Å²) in [7, 11) is 3.80. The van der Waals surface area contributed by atoms with Gasteiger partial charge in [-0.15, -0.1) is 0 Å². The lowest BCUT2D eigenvalue weighted by Gasteiger charge is -2.39. The van der Waals surface area contributed by atoms with Gasteiger partial charge in [-0.05, 0) is 51.1 Å². The van der Waals surface area contributed by atoms with Gasteiger partial charge in [-0.25, -0.2) is 4.98 Å². The zero-order chi connectivity index (χ0) is 28.5. The number of H-pyrrole nitrogens is 1. The normalized spacial score (nSPS) is 19.2. The number of likely N-dealkylation sites (tertiary alicyclic amines) is 1. The lowest BCUT2D eigenvalue weighted by Crippen LogP contribution is -2.49. The number of aromatic nitrogens is 3. The van der Waals surface area contributed by atoms with E-state index in [0.717, 1.165) is 65.2 Å². The van der Waals surface area contributed by atoms with E-state index in [1.54, 1.807) is 12.0 Å². The van der Waals surface area contributed by atoms with Crippen LogP contribution in [-0.2, 0) is 17.8 Å². The predicted molar refractivity (Wildman–Crippen MR) is 156 cm³/mol. The molecule has 1 aromatic carbocycles. The Morgan fingerprint density at radius 1 is 1.20 bits per heavy atom. The molecule has 1 amide bonds. The minimum absolute atomic E-state index is 0.0652. The second-order valence-corrected chi connectivity index (χ2v) is 10.9. The Labute approximate surface area is 239 Å². The van der Waals surface area contributed by atoms with E-state index in [9.17, 15) is 10.1 Å². The molecule has 0 bridgehead atoms. The van der Waals surface area contributed by atoms with Gasteiger partial charge >= 0.3 is 0 Å². The molecule has 1 unspecified atom stereocenters. The van der Waals surface area contributed by atoms with Gasteiger partial charge in [-0.1, -0.05) is 6.58 Å². The van der Waals surface area contributed by atoms with E-state index in [-0.39, 0.29) is 5.91 Å². The fourth-order valence-electron chi connectivity index (χ4n) is 6.40. The number of methoxy groups -OCH3 is 1. The predicted octanol–water partition coefficient (Wildman–Crippen LogP) is 2.71. The summed E-state index contributed by atoms with van der Waals surface area (Å²) in [4.78, 5) is 25.9. The number of aromatic amines is 1. The number of hydrogen-bond acceptors (Lipinski definition) is 9. The van der Waals surface area contributed by atoms with Gasteiger partial charge in [-0.2, -0.15) is 10.4 Å². The van der Waals surface area contributed by atoms with E-state index in [4.69, 9.17) is 14.5 Å². The fourth-order valence-corrected chi connectivity index (χ4v) is 6.40. The first-order chi connectivity index (χ1) is 20.0. The third-order valence-corrected chi connectivity index (χ3v) is 8.67. The summed E-state index contributed by atoms with van der Waals surface area (Å²) in [6.07, 6.45) is 6.11. The van der Waals surface area contributed by atoms with Crippen LogP contribution in [0.2, 0.25) is 0 Å². The van der Waals surface area contributed by atoms with Crippen LogP contribution in [0.1, 0.15) is 29.7 Å². The van der Waals surface area contributed by atoms with Crippen LogP contribution >= 0.6 is 0 Å². The number of fused-ring (bicyclic) bond motifs is 2. The molecule has 11 heteroatoms. The van der Waals surface area contributed by atoms with Gasteiger partial charge in [0.05, 0.1) is 42.4 Å². The molecule has 2 saturated heterocycles. The van der Waals surface area contributed by atoms with Crippen LogP contribution in [0, 0.1) is 11.3 Å². The fraction of sp³-hybridized carbons (Fsp3) is 0.467. The number of nitriles is 1. The average Bonchev–Trinajstić information content (AvgIpc) is 3.66. The molecular formula is C30H36N8O3. The van der Waals surface area contributed by atoms with Gasteiger partial charge in [0.2, 0.25) is 11.8 Å². The molecule has 1 atom stereocenters. The maximum Gasteiger partial charge on any atom is 0.246 e. The summed E-state index contributed by atoms with van der Waals surface area (Å²) in [6, 6.07) is 6.67. The molecule has 6 rings (SSSR count). The molecule has 0 aliphatic carbocycles. The van der Waals surface area contributed by atoms with Crippen molar-refractivity contribution in [1.82, 2.24) is 25.0 Å². The quantitative estimate of drug-likeness (QED) is 0.439. The number of nitrogens with zero attached hydrogens (tertiary/aromatic N) is 7. The molecule has 2 fully saturated rings. The lowest BCUT2D eigenvalue weighted by molar-refractivity contribution is -0.126. The van der Waals surface area contributed by atoms with Crippen LogP contribution < -0.4 is 19.3 Å². The van der Waals surface area contributed by atoms with E-state index in [2.05, 4.69) is 44.6 Å². The van der Waals surface area contributed by atoms with E-state index < -0.39 is 0 Å². The number of carbonyl (C=O) groups is 1. The molecular weight excluding hydrogens is 520 g/mol. The third-order valence-electron chi connectivity index (χ3n) is 8.67. The highest BCUT2D eigenvalue weighted by molar-refractivity contribution is 5.95. The van der Waals surface area contributed by atoms with Gasteiger partial charge in [0.25, 0.3) is 0 Å². The highest BCUT2D eigenvalue weighted by atomic mass is 16.5. The maximum absolute atomic E-state index is 12.2. The first kappa shape index (κ1) is 26.9. The third kappa shape index (κ3) is 4.93. The Hall–Kier alpha value is -4.30. The molecule has 3 aromatic rings. The van der Waals surface area contributed by atoms with Crippen molar-refractivity contribution in [2.75, 3.05) is 69.8 Å². The van der Waals surface area contributed by atoms with Crippen LogP contribution in [0.3, 0.4) is 0 Å². The summed E-state index contributed by atoms with van der Waals surface area (Å²) >= 11 is 0. The summed E-state index contributed by atoms with van der Waals surface area (Å²) < 4.78 is 12.1. The zero-order valence-electron chi connectivity index (χ0n) is 23.7. The van der Waals surface area contributed by atoms with Crippen molar-refractivity contribution in [1.29, 1.82) is 5.26 Å². The number of benzene rings is 1. The first-order valence-corrected chi connectivity index (χ1v) is 14.2. The number of pyridine rings is 1. The number of carbonyl (C=O) groups excluding carboxylic acids is 1. The molecule has 3 aliphatic heterocycles. The lowest BCUT2D eigenvalue weighted by atomic mass is 9.97. The first-order valence-electron chi connectivity index (χ1n) is 14.2. The Bertz CT molecular complexity index is 1500. The van der Waals surface area contributed by atoms with Crippen molar-refractivity contribution in [2.45, 2.75) is 31.8 Å².